The van der Waals surface area contributed by atoms with Crippen LogP contribution in [0.15, 0.2) is 35.1 Å². The Balaban J connectivity index is 0.00000256. The number of alkyl halides is 2. The minimum Gasteiger partial charge on any atom is -0.856 e. The van der Waals surface area contributed by atoms with E-state index >= 15 is 0 Å². The lowest BCUT2D eigenvalue weighted by Gasteiger charge is -2.35. The number of halogens is 4. The number of rotatable bonds is 6. The molecule has 1 aromatic carbocycles. The first-order valence-corrected chi connectivity index (χ1v) is 8.45. The topological polar surface area (TPSA) is 130 Å². The number of hydrogen-bond acceptors (Lipinski definition) is 7. The van der Waals surface area contributed by atoms with Crippen LogP contribution in [0.1, 0.15) is 24.3 Å². The van der Waals surface area contributed by atoms with Gasteiger partial charge in [-0.1, -0.05) is 5.16 Å². The van der Waals surface area contributed by atoms with E-state index in [1.165, 1.54) is 18.5 Å². The summed E-state index contributed by atoms with van der Waals surface area (Å²) >= 11 is 0. The predicted molar refractivity (Wildman–Crippen MR) is 92.3 cm³/mol. The number of aromatic nitrogens is 3. The Morgan fingerprint density at radius 2 is 1.77 bits per heavy atom. The number of quaternary nitrogens is 1. The fourth-order valence-electron chi connectivity index (χ4n) is 3.01. The van der Waals surface area contributed by atoms with Crippen LogP contribution in [0.2, 0.25) is 0 Å². The second kappa shape index (κ2) is 8.53. The molecule has 0 unspecified atom stereocenters. The fourth-order valence-corrected chi connectivity index (χ4v) is 3.01. The van der Waals surface area contributed by atoms with Crippen molar-refractivity contribution >= 4 is 0 Å². The van der Waals surface area contributed by atoms with Gasteiger partial charge in [0.1, 0.15) is 11.8 Å². The van der Waals surface area contributed by atoms with Crippen LogP contribution >= 0.6 is 0 Å². The van der Waals surface area contributed by atoms with Gasteiger partial charge in [-0.15, -0.1) is 0 Å². The summed E-state index contributed by atoms with van der Waals surface area (Å²) in [6, 6.07) is 3.15. The van der Waals surface area contributed by atoms with E-state index in [9.17, 15) is 22.7 Å². The SMILES string of the molecule is [NH4+].[O-]c1cc(-c2cnc(OC3CC(c4cc(F)c(OC(F)F)c(F)c4)C3)cn2)on1. The van der Waals surface area contributed by atoms with E-state index in [0.29, 0.717) is 24.1 Å². The van der Waals surface area contributed by atoms with Gasteiger partial charge >= 0.3 is 6.61 Å². The number of nitrogens with zero attached hydrogens (tertiary/aromatic N) is 3. The Kier molecular flexibility index (Phi) is 6.06. The van der Waals surface area contributed by atoms with Gasteiger partial charge in [0, 0.05) is 11.9 Å². The van der Waals surface area contributed by atoms with E-state index in [-0.39, 0.29) is 29.8 Å². The van der Waals surface area contributed by atoms with Crippen LogP contribution in [0, 0.1) is 11.6 Å². The molecule has 1 fully saturated rings. The first-order chi connectivity index (χ1) is 13.9. The van der Waals surface area contributed by atoms with Crippen molar-refractivity contribution in [3.8, 4) is 29.0 Å². The molecule has 160 valence electrons. The van der Waals surface area contributed by atoms with Crippen LogP contribution in [0.25, 0.3) is 11.5 Å². The summed E-state index contributed by atoms with van der Waals surface area (Å²) in [5, 5.41) is 14.2. The predicted octanol–water partition coefficient (Wildman–Crippen LogP) is 3.79. The van der Waals surface area contributed by atoms with E-state index in [4.69, 9.17) is 9.26 Å². The number of benzene rings is 1. The molecule has 0 spiro atoms. The summed E-state index contributed by atoms with van der Waals surface area (Å²) in [5.74, 6) is -3.76. The molecule has 30 heavy (non-hydrogen) atoms. The molecule has 0 radical (unpaired) electrons. The maximum absolute atomic E-state index is 13.8. The Bertz CT molecular complexity index is 987. The highest BCUT2D eigenvalue weighted by Crippen LogP contribution is 2.40. The van der Waals surface area contributed by atoms with Crippen molar-refractivity contribution in [1.29, 1.82) is 0 Å². The van der Waals surface area contributed by atoms with E-state index in [0.717, 1.165) is 12.1 Å². The molecular formula is C18H16F4N4O4. The highest BCUT2D eigenvalue weighted by atomic mass is 19.3. The molecule has 12 heteroatoms. The Hall–Kier alpha value is -3.41. The molecule has 1 saturated carbocycles. The zero-order chi connectivity index (χ0) is 20.5. The summed E-state index contributed by atoms with van der Waals surface area (Å²) in [5.41, 5.74) is 0.650. The number of hydrogen-bond donors (Lipinski definition) is 1. The summed E-state index contributed by atoms with van der Waals surface area (Å²) in [7, 11) is 0. The molecule has 0 atom stereocenters. The smallest absolute Gasteiger partial charge is 0.387 e. The van der Waals surface area contributed by atoms with Crippen molar-refractivity contribution in [2.75, 3.05) is 0 Å². The lowest BCUT2D eigenvalue weighted by atomic mass is 9.77. The van der Waals surface area contributed by atoms with E-state index in [2.05, 4.69) is 19.9 Å². The van der Waals surface area contributed by atoms with Gasteiger partial charge in [-0.25, -0.2) is 18.7 Å². The Labute approximate surface area is 167 Å². The van der Waals surface area contributed by atoms with Crippen LogP contribution in [-0.2, 0) is 0 Å². The fraction of sp³-hybridized carbons (Fsp3) is 0.278. The second-order valence-corrected chi connectivity index (χ2v) is 6.37. The highest BCUT2D eigenvalue weighted by Gasteiger charge is 2.34. The quantitative estimate of drug-likeness (QED) is 0.591. The zero-order valence-corrected chi connectivity index (χ0v) is 15.5. The normalized spacial score (nSPS) is 17.9. The standard InChI is InChI=1S/C18H13F4N3O4.H3N/c19-11-3-9(4-12(20)17(11)28-18(21)22)8-1-10(2-8)27-16-7-23-13(6-24-16)14-5-15(26)25-29-14;/h3-8,10,18H,1-2H2,(H,25,26);1H3. The molecule has 0 aliphatic heterocycles. The average Bonchev–Trinajstić information content (AvgIpc) is 3.07. The van der Waals surface area contributed by atoms with Crippen LogP contribution in [0.4, 0.5) is 17.6 Å². The third-order valence-corrected chi connectivity index (χ3v) is 4.45. The summed E-state index contributed by atoms with van der Waals surface area (Å²) in [6.07, 6.45) is 3.38. The Morgan fingerprint density at radius 3 is 2.30 bits per heavy atom. The van der Waals surface area contributed by atoms with Gasteiger partial charge in [0.2, 0.25) is 5.88 Å². The molecule has 2 heterocycles. The molecule has 0 amide bonds. The summed E-state index contributed by atoms with van der Waals surface area (Å²) in [6.45, 7) is -3.31. The molecular weight excluding hydrogens is 412 g/mol. The van der Waals surface area contributed by atoms with Crippen molar-refractivity contribution in [2.45, 2.75) is 31.5 Å². The minimum atomic E-state index is -3.31. The molecule has 0 saturated heterocycles. The summed E-state index contributed by atoms with van der Waals surface area (Å²) < 4.78 is 66.4. The highest BCUT2D eigenvalue weighted by molar-refractivity contribution is 5.51. The van der Waals surface area contributed by atoms with Gasteiger partial charge in [0.15, 0.2) is 23.1 Å². The maximum Gasteiger partial charge on any atom is 0.387 e. The van der Waals surface area contributed by atoms with E-state index < -0.39 is 29.9 Å². The van der Waals surface area contributed by atoms with Crippen molar-refractivity contribution < 1.29 is 36.7 Å². The third kappa shape index (κ3) is 4.43. The number of ether oxygens (including phenoxy) is 2. The van der Waals surface area contributed by atoms with Crippen molar-refractivity contribution in [2.24, 2.45) is 0 Å². The molecule has 0 bridgehead atoms. The van der Waals surface area contributed by atoms with Gasteiger partial charge in [-0.2, -0.15) is 8.78 Å². The minimum absolute atomic E-state index is 0. The summed E-state index contributed by atoms with van der Waals surface area (Å²) in [4.78, 5) is 8.14. The van der Waals surface area contributed by atoms with E-state index in [1.807, 2.05) is 0 Å². The van der Waals surface area contributed by atoms with Crippen LogP contribution in [0.3, 0.4) is 0 Å². The first kappa shape index (κ1) is 21.3. The Morgan fingerprint density at radius 1 is 1.07 bits per heavy atom. The van der Waals surface area contributed by atoms with Crippen LogP contribution in [0.5, 0.6) is 17.5 Å². The lowest BCUT2D eigenvalue weighted by molar-refractivity contribution is -0.277. The van der Waals surface area contributed by atoms with Crippen molar-refractivity contribution in [3.63, 3.8) is 0 Å². The molecule has 1 aliphatic rings. The first-order valence-electron chi connectivity index (χ1n) is 8.45. The lowest BCUT2D eigenvalue weighted by Crippen LogP contribution is -2.32. The average molecular weight is 428 g/mol. The van der Waals surface area contributed by atoms with Crippen molar-refractivity contribution in [1.82, 2.24) is 21.3 Å². The molecule has 8 nitrogen and oxygen atoms in total. The largest absolute Gasteiger partial charge is 0.856 e. The van der Waals surface area contributed by atoms with Crippen LogP contribution < -0.4 is 20.7 Å². The monoisotopic (exact) mass is 428 g/mol. The van der Waals surface area contributed by atoms with Gasteiger partial charge in [0.25, 0.3) is 0 Å². The zero-order valence-electron chi connectivity index (χ0n) is 15.5. The third-order valence-electron chi connectivity index (χ3n) is 4.45. The molecule has 4 rings (SSSR count). The molecule has 1 aliphatic carbocycles. The second-order valence-electron chi connectivity index (χ2n) is 6.37. The van der Waals surface area contributed by atoms with Gasteiger partial charge < -0.3 is 25.3 Å². The van der Waals surface area contributed by atoms with Crippen LogP contribution in [-0.4, -0.2) is 27.8 Å². The van der Waals surface area contributed by atoms with Gasteiger partial charge in [-0.3, -0.25) is 0 Å². The van der Waals surface area contributed by atoms with Gasteiger partial charge in [-0.05, 0) is 36.5 Å². The maximum atomic E-state index is 13.8. The molecule has 2 aromatic heterocycles. The molecule has 4 N–H and O–H groups in total. The van der Waals surface area contributed by atoms with E-state index in [1.54, 1.807) is 0 Å². The van der Waals surface area contributed by atoms with Crippen molar-refractivity contribution in [3.05, 3.63) is 47.8 Å². The molecule has 3 aromatic rings. The van der Waals surface area contributed by atoms with Gasteiger partial charge in [0.05, 0.1) is 12.4 Å².